The highest BCUT2D eigenvalue weighted by Gasteiger charge is 2.17. The van der Waals surface area contributed by atoms with E-state index in [4.69, 9.17) is 9.97 Å². The Morgan fingerprint density at radius 1 is 0.382 bits per heavy atom. The minimum Gasteiger partial charge on any atom is -0.311 e. The lowest BCUT2D eigenvalue weighted by atomic mass is 10.0. The normalized spacial score (nSPS) is 11.4. The van der Waals surface area contributed by atoms with E-state index in [0.717, 1.165) is 50.6 Å². The number of aromatic nitrogens is 3. The van der Waals surface area contributed by atoms with Crippen LogP contribution in [0.4, 0.5) is 17.1 Å². The molecule has 55 heavy (non-hydrogen) atoms. The van der Waals surface area contributed by atoms with Crippen molar-refractivity contribution < 1.29 is 0 Å². The quantitative estimate of drug-likeness (QED) is 0.166. The molecule has 4 nitrogen and oxygen atoms in total. The van der Waals surface area contributed by atoms with Gasteiger partial charge in [0.05, 0.1) is 33.5 Å². The summed E-state index contributed by atoms with van der Waals surface area (Å²) in [4.78, 5) is 12.5. The van der Waals surface area contributed by atoms with Crippen LogP contribution in [0.1, 0.15) is 5.56 Å². The van der Waals surface area contributed by atoms with Crippen molar-refractivity contribution in [3.63, 3.8) is 0 Å². The first kappa shape index (κ1) is 32.4. The molecule has 0 amide bonds. The zero-order valence-corrected chi connectivity index (χ0v) is 30.3. The van der Waals surface area contributed by atoms with E-state index in [1.165, 1.54) is 44.2 Å². The second-order valence-corrected chi connectivity index (χ2v) is 14.0. The fraction of sp³-hybridized carbons (Fsp3) is 0.0196. The lowest BCUT2D eigenvalue weighted by molar-refractivity contribution is 1.18. The van der Waals surface area contributed by atoms with Crippen molar-refractivity contribution in [1.29, 1.82) is 0 Å². The third kappa shape index (κ3) is 5.91. The molecule has 0 atom stereocenters. The molecule has 0 bridgehead atoms. The Kier molecular flexibility index (Phi) is 8.00. The minimum absolute atomic E-state index is 0.867. The molecule has 10 rings (SSSR count). The smallest absolute Gasteiger partial charge is 0.0973 e. The van der Waals surface area contributed by atoms with Crippen LogP contribution in [-0.2, 0) is 0 Å². The van der Waals surface area contributed by atoms with Crippen LogP contribution in [0.3, 0.4) is 0 Å². The van der Waals surface area contributed by atoms with Crippen LogP contribution >= 0.6 is 0 Å². The molecule has 0 saturated heterocycles. The van der Waals surface area contributed by atoms with Crippen molar-refractivity contribution in [3.05, 3.63) is 206 Å². The van der Waals surface area contributed by atoms with E-state index in [0.29, 0.717) is 0 Å². The summed E-state index contributed by atoms with van der Waals surface area (Å²) in [6.07, 6.45) is 0. The number of hydrogen-bond acceptors (Lipinski definition) is 3. The number of fused-ring (bicyclic) bond motifs is 4. The lowest BCUT2D eigenvalue weighted by Gasteiger charge is -2.26. The first-order chi connectivity index (χ1) is 27.2. The monoisotopic (exact) mass is 704 g/mol. The van der Waals surface area contributed by atoms with Gasteiger partial charge in [0, 0.05) is 44.6 Å². The van der Waals surface area contributed by atoms with Crippen LogP contribution in [0.25, 0.3) is 72.2 Å². The van der Waals surface area contributed by atoms with Gasteiger partial charge in [-0.1, -0.05) is 121 Å². The molecular formula is C51H36N4. The van der Waals surface area contributed by atoms with Gasteiger partial charge >= 0.3 is 0 Å². The lowest BCUT2D eigenvalue weighted by Crippen LogP contribution is -2.09. The molecule has 0 unspecified atom stereocenters. The van der Waals surface area contributed by atoms with Crippen molar-refractivity contribution in [3.8, 4) is 39.3 Å². The number of benzene rings is 8. The van der Waals surface area contributed by atoms with Gasteiger partial charge in [0.2, 0.25) is 0 Å². The van der Waals surface area contributed by atoms with Gasteiger partial charge in [-0.25, -0.2) is 9.97 Å². The molecule has 0 saturated carbocycles. The molecule has 0 aliphatic rings. The Hall–Kier alpha value is -7.30. The van der Waals surface area contributed by atoms with Crippen molar-refractivity contribution in [2.75, 3.05) is 4.90 Å². The Bertz CT molecular complexity index is 2950. The van der Waals surface area contributed by atoms with E-state index < -0.39 is 0 Å². The SMILES string of the molecule is Cc1ccc2c(c1)c1cc(-c3ccc(N(c4ccccc4)c4ccc(-c5nc6ccccc6nc5-c5ccccc5)cc4)cc3)ccc1n2-c1ccccc1. The molecule has 10 aromatic rings. The highest BCUT2D eigenvalue weighted by Crippen LogP contribution is 2.39. The molecule has 0 radical (unpaired) electrons. The van der Waals surface area contributed by atoms with Crippen LogP contribution in [-0.4, -0.2) is 14.5 Å². The molecule has 0 fully saturated rings. The first-order valence-corrected chi connectivity index (χ1v) is 18.7. The fourth-order valence-corrected chi connectivity index (χ4v) is 7.77. The molecule has 4 heteroatoms. The van der Waals surface area contributed by atoms with Crippen molar-refractivity contribution in [2.24, 2.45) is 0 Å². The van der Waals surface area contributed by atoms with E-state index in [2.05, 4.69) is 174 Å². The Balaban J connectivity index is 1.03. The van der Waals surface area contributed by atoms with Gasteiger partial charge in [-0.05, 0) is 103 Å². The maximum atomic E-state index is 5.13. The molecule has 8 aromatic carbocycles. The molecule has 0 aliphatic carbocycles. The topological polar surface area (TPSA) is 34.0 Å². The van der Waals surface area contributed by atoms with E-state index in [-0.39, 0.29) is 0 Å². The predicted octanol–water partition coefficient (Wildman–Crippen LogP) is 13.5. The summed E-state index contributed by atoms with van der Waals surface area (Å²) < 4.78 is 2.37. The average Bonchev–Trinajstić information content (AvgIpc) is 3.57. The van der Waals surface area contributed by atoms with Crippen LogP contribution in [0.15, 0.2) is 200 Å². The maximum Gasteiger partial charge on any atom is 0.0973 e. The van der Waals surface area contributed by atoms with Gasteiger partial charge in [0.1, 0.15) is 0 Å². The molecule has 0 N–H and O–H groups in total. The van der Waals surface area contributed by atoms with Crippen LogP contribution in [0, 0.1) is 6.92 Å². The van der Waals surface area contributed by atoms with Gasteiger partial charge in [-0.15, -0.1) is 0 Å². The van der Waals surface area contributed by atoms with Crippen LogP contribution in [0.5, 0.6) is 0 Å². The second kappa shape index (κ2) is 13.6. The van der Waals surface area contributed by atoms with Gasteiger partial charge in [-0.3, -0.25) is 0 Å². The predicted molar refractivity (Wildman–Crippen MR) is 230 cm³/mol. The zero-order chi connectivity index (χ0) is 36.7. The summed E-state index contributed by atoms with van der Waals surface area (Å²) in [7, 11) is 0. The number of rotatable bonds is 7. The number of nitrogens with zero attached hydrogens (tertiary/aromatic N) is 4. The first-order valence-electron chi connectivity index (χ1n) is 18.7. The molecular weight excluding hydrogens is 669 g/mol. The third-order valence-electron chi connectivity index (χ3n) is 10.4. The van der Waals surface area contributed by atoms with E-state index >= 15 is 0 Å². The average molecular weight is 705 g/mol. The fourth-order valence-electron chi connectivity index (χ4n) is 7.77. The van der Waals surface area contributed by atoms with E-state index in [9.17, 15) is 0 Å². The number of hydrogen-bond donors (Lipinski definition) is 0. The number of para-hydroxylation sites is 4. The van der Waals surface area contributed by atoms with E-state index in [1.807, 2.05) is 42.5 Å². The van der Waals surface area contributed by atoms with Crippen LogP contribution in [0.2, 0.25) is 0 Å². The van der Waals surface area contributed by atoms with Gasteiger partial charge in [0.25, 0.3) is 0 Å². The van der Waals surface area contributed by atoms with Crippen LogP contribution < -0.4 is 4.90 Å². The molecule has 2 aromatic heterocycles. The molecule has 260 valence electrons. The van der Waals surface area contributed by atoms with Gasteiger partial charge in [-0.2, -0.15) is 0 Å². The number of aryl methyl sites for hydroxylation is 1. The third-order valence-corrected chi connectivity index (χ3v) is 10.4. The molecule has 0 aliphatic heterocycles. The zero-order valence-electron chi connectivity index (χ0n) is 30.3. The number of anilines is 3. The Morgan fingerprint density at radius 3 is 1.45 bits per heavy atom. The summed E-state index contributed by atoms with van der Waals surface area (Å²) in [5, 5.41) is 2.52. The minimum atomic E-state index is 0.867. The molecule has 0 spiro atoms. The highest BCUT2D eigenvalue weighted by molar-refractivity contribution is 6.10. The highest BCUT2D eigenvalue weighted by atomic mass is 15.1. The summed E-state index contributed by atoms with van der Waals surface area (Å²) >= 11 is 0. The molecule has 2 heterocycles. The Morgan fingerprint density at radius 2 is 0.836 bits per heavy atom. The van der Waals surface area contributed by atoms with Gasteiger partial charge in [0.15, 0.2) is 0 Å². The standard InChI is InChI=1S/C51H36N4/c1-35-21-31-48-44(33-35)45-34-39(26-32-49(45)55(48)41-17-9-4-10-18-41)36-22-27-42(28-23-36)54(40-15-7-3-8-16-40)43-29-24-38(25-30-43)51-50(37-13-5-2-6-14-37)52-46-19-11-12-20-47(46)53-51/h2-34H,1H3. The maximum absolute atomic E-state index is 5.13. The van der Waals surface area contributed by atoms with Crippen molar-refractivity contribution in [1.82, 2.24) is 14.5 Å². The van der Waals surface area contributed by atoms with Gasteiger partial charge < -0.3 is 9.47 Å². The second-order valence-electron chi connectivity index (χ2n) is 14.0. The Labute approximate surface area is 320 Å². The largest absolute Gasteiger partial charge is 0.311 e. The van der Waals surface area contributed by atoms with Crippen molar-refractivity contribution >= 4 is 49.9 Å². The summed E-state index contributed by atoms with van der Waals surface area (Å²) in [6, 6.07) is 70.8. The van der Waals surface area contributed by atoms with Crippen molar-refractivity contribution in [2.45, 2.75) is 6.92 Å². The summed E-state index contributed by atoms with van der Waals surface area (Å²) in [6.45, 7) is 2.17. The summed E-state index contributed by atoms with van der Waals surface area (Å²) in [5.74, 6) is 0. The summed E-state index contributed by atoms with van der Waals surface area (Å²) in [5.41, 5.74) is 16.0. The van der Waals surface area contributed by atoms with E-state index in [1.54, 1.807) is 0 Å².